The number of thioether (sulfide) groups is 1. The minimum absolute atomic E-state index is 0.0756. The van der Waals surface area contributed by atoms with Crippen molar-refractivity contribution in [3.8, 4) is 0 Å². The van der Waals surface area contributed by atoms with Crippen LogP contribution in [-0.2, 0) is 27.1 Å². The first kappa shape index (κ1) is 31.5. The summed E-state index contributed by atoms with van der Waals surface area (Å²) in [6, 6.07) is 22.1. The van der Waals surface area contributed by atoms with Gasteiger partial charge in [0.2, 0.25) is 17.7 Å². The van der Waals surface area contributed by atoms with Crippen molar-refractivity contribution in [1.29, 1.82) is 0 Å². The Kier molecular flexibility index (Phi) is 7.94. The van der Waals surface area contributed by atoms with E-state index in [1.165, 1.54) is 22.8 Å². The number of hydrogen-bond acceptors (Lipinski definition) is 6. The number of alkyl halides is 3. The molecule has 1 N–H and O–H groups in total. The third-order valence-corrected chi connectivity index (χ3v) is 11.6. The summed E-state index contributed by atoms with van der Waals surface area (Å²) in [6.07, 6.45) is -4.84. The van der Waals surface area contributed by atoms with Crippen LogP contribution in [0.1, 0.15) is 21.9 Å². The Morgan fingerprint density at radius 2 is 1.60 bits per heavy atom. The molecule has 7 nitrogen and oxygen atoms in total. The molecule has 1 aromatic heterocycles. The smallest absolute Gasteiger partial charge is 0.325 e. The molecule has 1 saturated heterocycles. The molecule has 0 saturated carbocycles. The third kappa shape index (κ3) is 5.42. The van der Waals surface area contributed by atoms with Crippen LogP contribution in [0.15, 0.2) is 94.7 Å². The highest BCUT2D eigenvalue weighted by Gasteiger charge is 2.58. The SMILES string of the molecule is O=C(Cn1c2c(sc1=O)[C@@H](c1cccc(Cl)c1Cl)[C@@H]1C(=O)N(c3ccccc3C(F)(F)F)C(=O)[C@@H]1S2)Nc1ccc2ccccc2c1. The third-order valence-electron chi connectivity index (χ3n) is 8.15. The predicted octanol–water partition coefficient (Wildman–Crippen LogP) is 7.82. The number of rotatable bonds is 5. The molecule has 3 atom stereocenters. The van der Waals surface area contributed by atoms with Crippen LogP contribution in [0, 0.1) is 5.92 Å². The normalized spacial score (nSPS) is 19.2. The lowest BCUT2D eigenvalue weighted by Gasteiger charge is -2.31. The first-order chi connectivity index (χ1) is 22.4. The van der Waals surface area contributed by atoms with Crippen LogP contribution in [0.5, 0.6) is 0 Å². The molecule has 0 unspecified atom stereocenters. The fourth-order valence-corrected chi connectivity index (χ4v) is 9.30. The Bertz CT molecular complexity index is 2180. The Hall–Kier alpha value is -4.10. The van der Waals surface area contributed by atoms with Gasteiger partial charge in [-0.05, 0) is 46.7 Å². The van der Waals surface area contributed by atoms with Gasteiger partial charge in [0.05, 0.1) is 32.2 Å². The molecule has 2 aliphatic heterocycles. The number of anilines is 2. The molecule has 3 amide bonds. The predicted molar refractivity (Wildman–Crippen MR) is 177 cm³/mol. The van der Waals surface area contributed by atoms with E-state index in [-0.39, 0.29) is 15.1 Å². The lowest BCUT2D eigenvalue weighted by Crippen LogP contribution is -2.33. The van der Waals surface area contributed by atoms with E-state index in [0.717, 1.165) is 46.0 Å². The number of hydrogen-bond donors (Lipinski definition) is 1. The highest BCUT2D eigenvalue weighted by atomic mass is 35.5. The van der Waals surface area contributed by atoms with Crippen LogP contribution >= 0.6 is 46.3 Å². The lowest BCUT2D eigenvalue weighted by molar-refractivity contribution is -0.137. The van der Waals surface area contributed by atoms with Crippen LogP contribution in [0.4, 0.5) is 24.5 Å². The maximum atomic E-state index is 14.1. The number of imide groups is 1. The molecule has 14 heteroatoms. The van der Waals surface area contributed by atoms with E-state index < -0.39 is 63.7 Å². The topological polar surface area (TPSA) is 88.5 Å². The standard InChI is InChI=1S/C33H20Cl2F3N3O4S2/c34-21-10-5-8-19(26(21)35)24-25-27(30(44)41(29(25)43)22-11-4-3-9-20(22)33(36,37)38)46-31-28(24)47-32(45)40(31)15-23(42)39-18-13-12-16-6-1-2-7-17(16)14-18/h1-14,24-25,27H,15H2,(H,39,42)/t24-,25-,27+/m0/s1. The van der Waals surface area contributed by atoms with E-state index >= 15 is 0 Å². The van der Waals surface area contributed by atoms with Gasteiger partial charge in [0, 0.05) is 16.5 Å². The fraction of sp³-hybridized carbons (Fsp3) is 0.152. The van der Waals surface area contributed by atoms with Crippen LogP contribution in [0.25, 0.3) is 10.8 Å². The van der Waals surface area contributed by atoms with E-state index in [1.807, 2.05) is 30.3 Å². The van der Waals surface area contributed by atoms with Gasteiger partial charge < -0.3 is 5.32 Å². The first-order valence-corrected chi connectivity index (χ1v) is 16.6. The van der Waals surface area contributed by atoms with Crippen molar-refractivity contribution in [3.63, 3.8) is 0 Å². The van der Waals surface area contributed by atoms with Gasteiger partial charge in [0.1, 0.15) is 11.8 Å². The summed E-state index contributed by atoms with van der Waals surface area (Å²) in [5.41, 5.74) is -0.884. The van der Waals surface area contributed by atoms with E-state index in [9.17, 15) is 32.3 Å². The molecule has 7 rings (SSSR count). The van der Waals surface area contributed by atoms with Crippen LogP contribution < -0.4 is 15.1 Å². The average Bonchev–Trinajstić information content (AvgIpc) is 3.48. The highest BCUT2D eigenvalue weighted by Crippen LogP contribution is 2.56. The Morgan fingerprint density at radius 3 is 2.36 bits per heavy atom. The van der Waals surface area contributed by atoms with Crippen molar-refractivity contribution in [2.24, 2.45) is 5.92 Å². The molecule has 47 heavy (non-hydrogen) atoms. The molecular formula is C33H20Cl2F3N3O4S2. The van der Waals surface area contributed by atoms with Gasteiger partial charge in [-0.25, -0.2) is 4.90 Å². The van der Waals surface area contributed by atoms with Gasteiger partial charge in [-0.2, -0.15) is 13.2 Å². The number of nitrogens with zero attached hydrogens (tertiary/aromatic N) is 2. The monoisotopic (exact) mass is 713 g/mol. The number of amides is 3. The Labute approximate surface area is 282 Å². The van der Waals surface area contributed by atoms with Crippen molar-refractivity contribution < 1.29 is 27.6 Å². The quantitative estimate of drug-likeness (QED) is 0.188. The maximum absolute atomic E-state index is 14.1. The molecule has 3 heterocycles. The minimum Gasteiger partial charge on any atom is -0.325 e. The summed E-state index contributed by atoms with van der Waals surface area (Å²) in [4.78, 5) is 55.2. The van der Waals surface area contributed by atoms with E-state index in [0.29, 0.717) is 21.0 Å². The number of para-hydroxylation sites is 1. The molecule has 0 bridgehead atoms. The zero-order valence-electron chi connectivity index (χ0n) is 23.8. The van der Waals surface area contributed by atoms with Gasteiger partial charge in [-0.15, -0.1) is 0 Å². The summed E-state index contributed by atoms with van der Waals surface area (Å²) < 4.78 is 43.3. The van der Waals surface area contributed by atoms with Crippen molar-refractivity contribution in [1.82, 2.24) is 4.57 Å². The second-order valence-corrected chi connectivity index (χ2v) is 13.9. The van der Waals surface area contributed by atoms with Crippen molar-refractivity contribution in [2.75, 3.05) is 10.2 Å². The number of halogens is 5. The average molecular weight is 715 g/mol. The highest BCUT2D eigenvalue weighted by molar-refractivity contribution is 8.00. The van der Waals surface area contributed by atoms with E-state index in [4.69, 9.17) is 23.2 Å². The number of carbonyl (C=O) groups is 3. The molecule has 0 radical (unpaired) electrons. The molecule has 238 valence electrons. The van der Waals surface area contributed by atoms with Gasteiger partial charge in [-0.1, -0.05) is 101 Å². The zero-order chi connectivity index (χ0) is 33.2. The number of nitrogens with one attached hydrogen (secondary N) is 1. The summed E-state index contributed by atoms with van der Waals surface area (Å²) in [5, 5.41) is 3.94. The van der Waals surface area contributed by atoms with Gasteiger partial charge in [-0.3, -0.25) is 23.7 Å². The van der Waals surface area contributed by atoms with Crippen LogP contribution in [0.3, 0.4) is 0 Å². The second-order valence-electron chi connectivity index (χ2n) is 10.9. The van der Waals surface area contributed by atoms with Crippen LogP contribution in [-0.4, -0.2) is 27.5 Å². The number of benzene rings is 4. The number of aromatic nitrogens is 1. The lowest BCUT2D eigenvalue weighted by atomic mass is 9.83. The van der Waals surface area contributed by atoms with Crippen molar-refractivity contribution >= 4 is 86.2 Å². The zero-order valence-corrected chi connectivity index (χ0v) is 26.9. The Morgan fingerprint density at radius 1 is 0.872 bits per heavy atom. The first-order valence-electron chi connectivity index (χ1n) is 14.1. The summed E-state index contributed by atoms with van der Waals surface area (Å²) in [7, 11) is 0. The minimum atomic E-state index is -4.84. The summed E-state index contributed by atoms with van der Waals surface area (Å²) >= 11 is 14.6. The molecule has 2 aliphatic rings. The second kappa shape index (κ2) is 11.9. The molecule has 4 aromatic carbocycles. The van der Waals surface area contributed by atoms with Gasteiger partial charge in [0.25, 0.3) is 0 Å². The van der Waals surface area contributed by atoms with E-state index in [2.05, 4.69) is 5.32 Å². The number of thiazole rings is 1. The van der Waals surface area contributed by atoms with Crippen molar-refractivity contribution in [3.05, 3.63) is 121 Å². The Balaban J connectivity index is 1.30. The van der Waals surface area contributed by atoms with Gasteiger partial charge >= 0.3 is 11.0 Å². The number of carbonyl (C=O) groups excluding carboxylic acids is 3. The molecule has 5 aromatic rings. The van der Waals surface area contributed by atoms with Crippen LogP contribution in [0.2, 0.25) is 10.0 Å². The molecule has 0 spiro atoms. The van der Waals surface area contributed by atoms with E-state index in [1.54, 1.807) is 24.3 Å². The summed E-state index contributed by atoms with van der Waals surface area (Å²) in [6.45, 7) is -0.416. The molecule has 1 fully saturated rings. The van der Waals surface area contributed by atoms with Gasteiger partial charge in [0.15, 0.2) is 0 Å². The fourth-order valence-electron chi connectivity index (χ4n) is 6.11. The molecule has 0 aliphatic carbocycles. The summed E-state index contributed by atoms with van der Waals surface area (Å²) in [5.74, 6) is -4.48. The van der Waals surface area contributed by atoms with Crippen molar-refractivity contribution in [2.45, 2.75) is 28.9 Å². The molecular weight excluding hydrogens is 694 g/mol. The maximum Gasteiger partial charge on any atom is 0.418 e. The largest absolute Gasteiger partial charge is 0.418 e. The number of fused-ring (bicyclic) bond motifs is 3.